The Balaban J connectivity index is 2.34. The molecule has 0 amide bonds. The molecule has 2 heterocycles. The maximum Gasteiger partial charge on any atom is 0.344 e. The molecule has 0 fully saturated rings. The van der Waals surface area contributed by atoms with Gasteiger partial charge in [-0.25, -0.2) is 24.3 Å². The number of nitrogens with zero attached hydrogens (tertiary/aromatic N) is 4. The molecular formula is C11H15FN6OS. The molecule has 0 saturated heterocycles. The lowest BCUT2D eigenvalue weighted by Gasteiger charge is -2.09. The van der Waals surface area contributed by atoms with Gasteiger partial charge in [-0.1, -0.05) is 0 Å². The van der Waals surface area contributed by atoms with Crippen molar-refractivity contribution in [2.45, 2.75) is 37.0 Å². The van der Waals surface area contributed by atoms with Crippen LogP contribution in [0.15, 0.2) is 21.2 Å². The zero-order valence-corrected chi connectivity index (χ0v) is 12.2. The minimum Gasteiger partial charge on any atom is -0.354 e. The summed E-state index contributed by atoms with van der Waals surface area (Å²) >= 11 is 0.985. The van der Waals surface area contributed by atoms with Crippen molar-refractivity contribution in [2.75, 3.05) is 11.9 Å². The van der Waals surface area contributed by atoms with E-state index in [0.717, 1.165) is 18.0 Å². The van der Waals surface area contributed by atoms with Gasteiger partial charge in [0.25, 0.3) is 0 Å². The van der Waals surface area contributed by atoms with Crippen LogP contribution in [0.3, 0.4) is 0 Å². The van der Waals surface area contributed by atoms with Crippen molar-refractivity contribution in [3.63, 3.8) is 0 Å². The molecule has 2 aromatic rings. The average Bonchev–Trinajstić information content (AvgIpc) is 2.75. The number of anilines is 1. The van der Waals surface area contributed by atoms with Gasteiger partial charge in [0.2, 0.25) is 5.95 Å². The van der Waals surface area contributed by atoms with Gasteiger partial charge in [0.1, 0.15) is 5.03 Å². The summed E-state index contributed by atoms with van der Waals surface area (Å²) in [5.74, 6) is -0.215. The van der Waals surface area contributed by atoms with Crippen LogP contribution < -0.4 is 11.0 Å². The van der Waals surface area contributed by atoms with Gasteiger partial charge < -0.3 is 5.32 Å². The van der Waals surface area contributed by atoms with E-state index in [1.165, 1.54) is 4.57 Å². The Morgan fingerprint density at radius 2 is 2.30 bits per heavy atom. The first kappa shape index (κ1) is 14.5. The Labute approximate surface area is 119 Å². The number of aromatic nitrogens is 5. The molecule has 0 spiro atoms. The third kappa shape index (κ3) is 2.98. The molecule has 0 aromatic carbocycles. The van der Waals surface area contributed by atoms with E-state index >= 15 is 0 Å². The summed E-state index contributed by atoms with van der Waals surface area (Å²) < 4.78 is 15.2. The smallest absolute Gasteiger partial charge is 0.344 e. The topological polar surface area (TPSA) is 88.5 Å². The molecule has 9 heteroatoms. The second-order valence-electron chi connectivity index (χ2n) is 4.25. The second-order valence-corrected chi connectivity index (χ2v) is 5.21. The number of nitrogens with one attached hydrogen (secondary N) is 2. The first-order chi connectivity index (χ1) is 9.52. The predicted molar refractivity (Wildman–Crippen MR) is 73.5 cm³/mol. The first-order valence-electron chi connectivity index (χ1n) is 6.14. The van der Waals surface area contributed by atoms with Crippen molar-refractivity contribution >= 4 is 17.7 Å². The van der Waals surface area contributed by atoms with E-state index < -0.39 is 5.82 Å². The van der Waals surface area contributed by atoms with Crippen molar-refractivity contribution < 1.29 is 4.39 Å². The van der Waals surface area contributed by atoms with Crippen LogP contribution in [-0.2, 0) is 0 Å². The van der Waals surface area contributed by atoms with Crippen LogP contribution in [0, 0.1) is 5.82 Å². The number of hydrogen-bond acceptors (Lipinski definition) is 6. The standard InChI is InChI=1S/C11H15FN6OS/c1-4-13-9-14-5-7(12)8(15-9)20-11-17-16-10(19)18(11)6(2)3/h5-6H,4H2,1-3H3,(H,16,19)(H,13,14,15). The minimum absolute atomic E-state index is 0.0816. The molecule has 2 N–H and O–H groups in total. The van der Waals surface area contributed by atoms with Gasteiger partial charge in [-0.15, -0.1) is 5.10 Å². The summed E-state index contributed by atoms with van der Waals surface area (Å²) in [5.41, 5.74) is -0.330. The fourth-order valence-electron chi connectivity index (χ4n) is 1.57. The van der Waals surface area contributed by atoms with E-state index in [1.807, 2.05) is 20.8 Å². The van der Waals surface area contributed by atoms with E-state index in [1.54, 1.807) is 0 Å². The van der Waals surface area contributed by atoms with Gasteiger partial charge in [-0.2, -0.15) is 0 Å². The van der Waals surface area contributed by atoms with Crippen LogP contribution >= 0.6 is 11.8 Å². The Morgan fingerprint density at radius 3 is 2.95 bits per heavy atom. The highest BCUT2D eigenvalue weighted by molar-refractivity contribution is 7.99. The van der Waals surface area contributed by atoms with Crippen LogP contribution in [0.2, 0.25) is 0 Å². The van der Waals surface area contributed by atoms with Crippen LogP contribution in [0.25, 0.3) is 0 Å². The van der Waals surface area contributed by atoms with Gasteiger partial charge in [-0.05, 0) is 32.5 Å². The summed E-state index contributed by atoms with van der Waals surface area (Å²) in [6, 6.07) is -0.0816. The Kier molecular flexibility index (Phi) is 4.38. The van der Waals surface area contributed by atoms with E-state index in [-0.39, 0.29) is 16.8 Å². The van der Waals surface area contributed by atoms with Gasteiger partial charge in [0, 0.05) is 12.6 Å². The van der Waals surface area contributed by atoms with Gasteiger partial charge in [-0.3, -0.25) is 4.57 Å². The molecule has 7 nitrogen and oxygen atoms in total. The number of aromatic amines is 1. The normalized spacial score (nSPS) is 11.1. The second kappa shape index (κ2) is 6.04. The number of halogens is 1. The molecule has 0 saturated carbocycles. The minimum atomic E-state index is -0.553. The zero-order chi connectivity index (χ0) is 14.7. The van der Waals surface area contributed by atoms with Crippen molar-refractivity contribution in [1.29, 1.82) is 0 Å². The highest BCUT2D eigenvalue weighted by Gasteiger charge is 2.16. The van der Waals surface area contributed by atoms with Crippen LogP contribution in [0.5, 0.6) is 0 Å². The van der Waals surface area contributed by atoms with Crippen molar-refractivity contribution in [3.05, 3.63) is 22.5 Å². The lowest BCUT2D eigenvalue weighted by atomic mass is 10.4. The van der Waals surface area contributed by atoms with Crippen molar-refractivity contribution in [1.82, 2.24) is 24.7 Å². The SMILES string of the molecule is CCNc1ncc(F)c(Sc2n[nH]c(=O)n2C(C)C)n1. The average molecular weight is 298 g/mol. The highest BCUT2D eigenvalue weighted by atomic mass is 32.2. The largest absolute Gasteiger partial charge is 0.354 e. The quantitative estimate of drug-likeness (QED) is 0.816. The first-order valence-corrected chi connectivity index (χ1v) is 6.95. The summed E-state index contributed by atoms with van der Waals surface area (Å²) in [7, 11) is 0. The molecule has 2 aromatic heterocycles. The Bertz CT molecular complexity index is 653. The predicted octanol–water partition coefficient (Wildman–Crippen LogP) is 1.66. The lowest BCUT2D eigenvalue weighted by Crippen LogP contribution is -2.19. The molecule has 0 bridgehead atoms. The summed E-state index contributed by atoms with van der Waals surface area (Å²) in [4.78, 5) is 19.5. The third-order valence-corrected chi connectivity index (χ3v) is 3.37. The fraction of sp³-hybridized carbons (Fsp3) is 0.455. The van der Waals surface area contributed by atoms with Gasteiger partial charge in [0.05, 0.1) is 6.20 Å². The molecule has 0 unspecified atom stereocenters. The summed E-state index contributed by atoms with van der Waals surface area (Å²) in [5, 5.41) is 9.64. The summed E-state index contributed by atoms with van der Waals surface area (Å²) in [6.07, 6.45) is 1.10. The van der Waals surface area contributed by atoms with E-state index in [2.05, 4.69) is 25.5 Å². The van der Waals surface area contributed by atoms with E-state index in [0.29, 0.717) is 17.6 Å². The molecule has 0 atom stereocenters. The van der Waals surface area contributed by atoms with Gasteiger partial charge in [0.15, 0.2) is 11.0 Å². The number of H-pyrrole nitrogens is 1. The number of hydrogen-bond donors (Lipinski definition) is 2. The molecule has 2 rings (SSSR count). The molecule has 0 radical (unpaired) electrons. The van der Waals surface area contributed by atoms with Crippen LogP contribution in [0.4, 0.5) is 10.3 Å². The molecule has 0 aliphatic rings. The molecular weight excluding hydrogens is 283 g/mol. The highest BCUT2D eigenvalue weighted by Crippen LogP contribution is 2.27. The van der Waals surface area contributed by atoms with Gasteiger partial charge >= 0.3 is 5.69 Å². The third-order valence-electron chi connectivity index (χ3n) is 2.42. The van der Waals surface area contributed by atoms with E-state index in [9.17, 15) is 9.18 Å². The molecule has 0 aliphatic carbocycles. The molecule has 20 heavy (non-hydrogen) atoms. The van der Waals surface area contributed by atoms with Crippen LogP contribution in [-0.4, -0.2) is 31.3 Å². The monoisotopic (exact) mass is 298 g/mol. The fourth-order valence-corrected chi connectivity index (χ4v) is 2.51. The lowest BCUT2D eigenvalue weighted by molar-refractivity contribution is 0.532. The Morgan fingerprint density at radius 1 is 1.55 bits per heavy atom. The van der Waals surface area contributed by atoms with E-state index in [4.69, 9.17) is 0 Å². The number of rotatable bonds is 5. The molecule has 108 valence electrons. The van der Waals surface area contributed by atoms with Crippen LogP contribution in [0.1, 0.15) is 26.8 Å². The maximum absolute atomic E-state index is 13.7. The maximum atomic E-state index is 13.7. The zero-order valence-electron chi connectivity index (χ0n) is 11.3. The van der Waals surface area contributed by atoms with Crippen molar-refractivity contribution in [3.8, 4) is 0 Å². The van der Waals surface area contributed by atoms with Crippen molar-refractivity contribution in [2.24, 2.45) is 0 Å². The summed E-state index contributed by atoms with van der Waals surface area (Å²) in [6.45, 7) is 6.22. The Hall–Kier alpha value is -1.90. The molecule has 0 aliphatic heterocycles.